The zero-order valence-electron chi connectivity index (χ0n) is 19.6. The molecule has 0 spiro atoms. The number of hydrogen-bond donors (Lipinski definition) is 0. The normalized spacial score (nSPS) is 18.5. The van der Waals surface area contributed by atoms with Crippen molar-refractivity contribution >= 4 is 5.91 Å². The van der Waals surface area contributed by atoms with Gasteiger partial charge in [0.2, 0.25) is 0 Å². The molecule has 32 heavy (non-hydrogen) atoms. The van der Waals surface area contributed by atoms with Crippen LogP contribution in [0.25, 0.3) is 0 Å². The van der Waals surface area contributed by atoms with Crippen molar-refractivity contribution in [1.29, 1.82) is 0 Å². The summed E-state index contributed by atoms with van der Waals surface area (Å²) < 4.78 is 18.3. The van der Waals surface area contributed by atoms with E-state index in [1.165, 1.54) is 11.3 Å². The predicted octanol–water partition coefficient (Wildman–Crippen LogP) is 2.38. The SMILES string of the molecule is CCn1nc(C(=O)N2CCOCC2)c2c1CC[C@@H](N(C)Cc1ccc(OC)c(OC)c1)C2. The van der Waals surface area contributed by atoms with Gasteiger partial charge in [0.25, 0.3) is 5.91 Å². The van der Waals surface area contributed by atoms with Crippen molar-refractivity contribution in [1.82, 2.24) is 19.6 Å². The van der Waals surface area contributed by atoms with Gasteiger partial charge < -0.3 is 19.1 Å². The maximum Gasteiger partial charge on any atom is 0.274 e. The number of methoxy groups -OCH3 is 2. The van der Waals surface area contributed by atoms with Gasteiger partial charge in [0.15, 0.2) is 17.2 Å². The summed E-state index contributed by atoms with van der Waals surface area (Å²) in [5.74, 6) is 1.52. The number of hydrogen-bond acceptors (Lipinski definition) is 6. The average Bonchev–Trinajstić information content (AvgIpc) is 3.22. The van der Waals surface area contributed by atoms with Crippen molar-refractivity contribution in [2.75, 3.05) is 47.6 Å². The van der Waals surface area contributed by atoms with Crippen LogP contribution in [0, 0.1) is 0 Å². The summed E-state index contributed by atoms with van der Waals surface area (Å²) in [6.07, 6.45) is 2.83. The molecule has 0 radical (unpaired) electrons. The van der Waals surface area contributed by atoms with Crippen LogP contribution >= 0.6 is 0 Å². The maximum absolute atomic E-state index is 13.3. The lowest BCUT2D eigenvalue weighted by Gasteiger charge is -2.32. The van der Waals surface area contributed by atoms with Crippen LogP contribution in [-0.4, -0.2) is 79.1 Å². The molecule has 1 aromatic carbocycles. The third-order valence-corrected chi connectivity index (χ3v) is 6.62. The van der Waals surface area contributed by atoms with Gasteiger partial charge in [-0.25, -0.2) is 0 Å². The lowest BCUT2D eigenvalue weighted by atomic mass is 9.90. The van der Waals surface area contributed by atoms with Crippen LogP contribution in [0.5, 0.6) is 11.5 Å². The summed E-state index contributed by atoms with van der Waals surface area (Å²) in [7, 11) is 5.46. The Morgan fingerprint density at radius 2 is 1.97 bits per heavy atom. The Labute approximate surface area is 190 Å². The Balaban J connectivity index is 1.52. The van der Waals surface area contributed by atoms with Crippen molar-refractivity contribution in [3.63, 3.8) is 0 Å². The van der Waals surface area contributed by atoms with E-state index in [1.807, 2.05) is 21.7 Å². The fraction of sp³-hybridized carbons (Fsp3) is 0.583. The zero-order valence-corrected chi connectivity index (χ0v) is 19.6. The summed E-state index contributed by atoms with van der Waals surface area (Å²) in [4.78, 5) is 17.5. The van der Waals surface area contributed by atoms with E-state index >= 15 is 0 Å². The van der Waals surface area contributed by atoms with E-state index < -0.39 is 0 Å². The molecule has 174 valence electrons. The second-order valence-electron chi connectivity index (χ2n) is 8.50. The van der Waals surface area contributed by atoms with E-state index in [1.54, 1.807) is 14.2 Å². The summed E-state index contributed by atoms with van der Waals surface area (Å²) in [6, 6.07) is 6.41. The minimum atomic E-state index is 0.0416. The number of aryl methyl sites for hydroxylation is 1. The first-order valence-electron chi connectivity index (χ1n) is 11.4. The quantitative estimate of drug-likeness (QED) is 0.656. The number of rotatable bonds is 7. The van der Waals surface area contributed by atoms with Crippen LogP contribution in [0.4, 0.5) is 0 Å². The van der Waals surface area contributed by atoms with Crippen LogP contribution in [0.3, 0.4) is 0 Å². The van der Waals surface area contributed by atoms with Gasteiger partial charge >= 0.3 is 0 Å². The number of carbonyl (C=O) groups excluding carboxylic acids is 1. The van der Waals surface area contributed by atoms with Crippen LogP contribution in [0.1, 0.15) is 40.7 Å². The number of nitrogens with zero attached hydrogens (tertiary/aromatic N) is 4. The minimum absolute atomic E-state index is 0.0416. The fourth-order valence-electron chi connectivity index (χ4n) is 4.79. The van der Waals surface area contributed by atoms with E-state index in [2.05, 4.69) is 24.9 Å². The van der Waals surface area contributed by atoms with Crippen molar-refractivity contribution in [3.05, 3.63) is 40.7 Å². The van der Waals surface area contributed by atoms with Gasteiger partial charge in [-0.1, -0.05) is 6.07 Å². The number of ether oxygens (including phenoxy) is 3. The zero-order chi connectivity index (χ0) is 22.7. The molecule has 2 heterocycles. The molecule has 1 saturated heterocycles. The molecule has 8 nitrogen and oxygen atoms in total. The molecule has 1 aliphatic carbocycles. The van der Waals surface area contributed by atoms with Gasteiger partial charge in [0.1, 0.15) is 0 Å². The topological polar surface area (TPSA) is 69.1 Å². The molecule has 8 heteroatoms. The number of fused-ring (bicyclic) bond motifs is 1. The molecule has 1 aromatic heterocycles. The number of aromatic nitrogens is 2. The number of likely N-dealkylation sites (N-methyl/N-ethyl adjacent to an activating group) is 1. The number of carbonyl (C=O) groups is 1. The second-order valence-corrected chi connectivity index (χ2v) is 8.50. The summed E-state index contributed by atoms with van der Waals surface area (Å²) in [5, 5.41) is 4.74. The molecule has 0 bridgehead atoms. The first-order valence-corrected chi connectivity index (χ1v) is 11.4. The van der Waals surface area contributed by atoms with Crippen LogP contribution < -0.4 is 9.47 Å². The number of amides is 1. The van der Waals surface area contributed by atoms with E-state index in [0.717, 1.165) is 49.4 Å². The van der Waals surface area contributed by atoms with Crippen molar-refractivity contribution in [2.45, 2.75) is 45.3 Å². The minimum Gasteiger partial charge on any atom is -0.493 e. The fourth-order valence-corrected chi connectivity index (χ4v) is 4.79. The summed E-state index contributed by atoms with van der Waals surface area (Å²) >= 11 is 0. The summed E-state index contributed by atoms with van der Waals surface area (Å²) in [5.41, 5.74) is 4.15. The van der Waals surface area contributed by atoms with Gasteiger partial charge in [0.05, 0.1) is 27.4 Å². The Morgan fingerprint density at radius 3 is 2.66 bits per heavy atom. The van der Waals surface area contributed by atoms with Crippen LogP contribution in [0.15, 0.2) is 18.2 Å². The number of morpholine rings is 1. The van der Waals surface area contributed by atoms with Gasteiger partial charge in [-0.15, -0.1) is 0 Å². The van der Waals surface area contributed by atoms with E-state index in [-0.39, 0.29) is 5.91 Å². The standard InChI is InChI=1S/C24H34N4O4/c1-5-28-20-8-7-18(26(2)16-17-6-9-21(30-3)22(14-17)31-4)15-19(20)23(25-28)24(29)27-10-12-32-13-11-27/h6,9,14,18H,5,7-8,10-13,15-16H2,1-4H3/t18-/m1/s1. The Hall–Kier alpha value is -2.58. The highest BCUT2D eigenvalue weighted by Crippen LogP contribution is 2.31. The molecular formula is C24H34N4O4. The first-order chi connectivity index (χ1) is 15.5. The monoisotopic (exact) mass is 442 g/mol. The van der Waals surface area contributed by atoms with Gasteiger partial charge in [-0.05, 0) is 50.9 Å². The van der Waals surface area contributed by atoms with Gasteiger partial charge in [-0.3, -0.25) is 14.4 Å². The highest BCUT2D eigenvalue weighted by Gasteiger charge is 2.32. The predicted molar refractivity (Wildman–Crippen MR) is 121 cm³/mol. The smallest absolute Gasteiger partial charge is 0.274 e. The van der Waals surface area contributed by atoms with Crippen molar-refractivity contribution < 1.29 is 19.0 Å². The Bertz CT molecular complexity index is 952. The molecule has 0 unspecified atom stereocenters. The molecule has 1 amide bonds. The highest BCUT2D eigenvalue weighted by atomic mass is 16.5. The molecular weight excluding hydrogens is 408 g/mol. The van der Waals surface area contributed by atoms with E-state index in [4.69, 9.17) is 19.3 Å². The molecule has 0 saturated carbocycles. The molecule has 2 aliphatic rings. The highest BCUT2D eigenvalue weighted by molar-refractivity contribution is 5.94. The lowest BCUT2D eigenvalue weighted by molar-refractivity contribution is 0.0297. The van der Waals surface area contributed by atoms with Crippen LogP contribution in [0.2, 0.25) is 0 Å². The Morgan fingerprint density at radius 1 is 1.22 bits per heavy atom. The summed E-state index contributed by atoms with van der Waals surface area (Å²) in [6.45, 7) is 6.13. The first kappa shape index (κ1) is 22.6. The third-order valence-electron chi connectivity index (χ3n) is 6.62. The third kappa shape index (κ3) is 4.47. The van der Waals surface area contributed by atoms with E-state index in [0.29, 0.717) is 38.0 Å². The van der Waals surface area contributed by atoms with Gasteiger partial charge in [-0.2, -0.15) is 5.10 Å². The van der Waals surface area contributed by atoms with Crippen molar-refractivity contribution in [2.24, 2.45) is 0 Å². The molecule has 1 aliphatic heterocycles. The lowest BCUT2D eigenvalue weighted by Crippen LogP contribution is -2.42. The molecule has 4 rings (SSSR count). The van der Waals surface area contributed by atoms with Crippen LogP contribution in [-0.2, 0) is 30.7 Å². The number of benzene rings is 1. The molecule has 0 N–H and O–H groups in total. The average molecular weight is 443 g/mol. The molecule has 1 atom stereocenters. The second kappa shape index (κ2) is 9.92. The molecule has 2 aromatic rings. The Kier molecular flexibility index (Phi) is 7.01. The molecule has 1 fully saturated rings. The van der Waals surface area contributed by atoms with E-state index in [9.17, 15) is 4.79 Å². The van der Waals surface area contributed by atoms with Gasteiger partial charge in [0, 0.05) is 43.5 Å². The largest absolute Gasteiger partial charge is 0.493 e. The van der Waals surface area contributed by atoms with Crippen molar-refractivity contribution in [3.8, 4) is 11.5 Å². The maximum atomic E-state index is 13.3.